The summed E-state index contributed by atoms with van der Waals surface area (Å²) >= 11 is 0. The molecule has 102 valence electrons. The zero-order valence-electron chi connectivity index (χ0n) is 11.2. The molecule has 5 heteroatoms. The van der Waals surface area contributed by atoms with Crippen molar-refractivity contribution < 1.29 is 9.72 Å². The third-order valence-electron chi connectivity index (χ3n) is 4.03. The van der Waals surface area contributed by atoms with Gasteiger partial charge in [-0.3, -0.25) is 14.9 Å². The highest BCUT2D eigenvalue weighted by Crippen LogP contribution is 2.31. The van der Waals surface area contributed by atoms with Crippen molar-refractivity contribution in [3.8, 4) is 0 Å². The van der Waals surface area contributed by atoms with Crippen molar-refractivity contribution in [1.82, 2.24) is 0 Å². The fourth-order valence-electron chi connectivity index (χ4n) is 2.69. The van der Waals surface area contributed by atoms with E-state index in [9.17, 15) is 14.9 Å². The van der Waals surface area contributed by atoms with Crippen molar-refractivity contribution in [2.24, 2.45) is 5.92 Å². The SMILES string of the molecule is CC1CCCN(c2ccc([N+](=O)[O-])cc2C=O)C1C. The third kappa shape index (κ3) is 2.59. The minimum Gasteiger partial charge on any atom is -0.368 e. The molecule has 0 spiro atoms. The average Bonchev–Trinajstić information content (AvgIpc) is 2.41. The van der Waals surface area contributed by atoms with Crippen LogP contribution < -0.4 is 4.90 Å². The molecular weight excluding hydrogens is 244 g/mol. The summed E-state index contributed by atoms with van der Waals surface area (Å²) in [5.74, 6) is 0.559. The van der Waals surface area contributed by atoms with E-state index in [1.54, 1.807) is 6.07 Å². The number of hydrogen-bond acceptors (Lipinski definition) is 4. The first-order valence-corrected chi connectivity index (χ1v) is 6.55. The second-order valence-electron chi connectivity index (χ2n) is 5.17. The Labute approximate surface area is 112 Å². The molecule has 0 N–H and O–H groups in total. The fraction of sp³-hybridized carbons (Fsp3) is 0.500. The zero-order chi connectivity index (χ0) is 14.0. The summed E-state index contributed by atoms with van der Waals surface area (Å²) in [5, 5.41) is 10.7. The summed E-state index contributed by atoms with van der Waals surface area (Å²) in [4.78, 5) is 23.6. The standard InChI is InChI=1S/C14H18N2O3/c1-10-4-3-7-15(11(10)2)14-6-5-13(16(18)19)8-12(14)9-17/h5-6,8-11H,3-4,7H2,1-2H3. The van der Waals surface area contributed by atoms with Crippen molar-refractivity contribution in [1.29, 1.82) is 0 Å². The molecular formula is C14H18N2O3. The summed E-state index contributed by atoms with van der Waals surface area (Å²) in [6.45, 7) is 5.23. The van der Waals surface area contributed by atoms with Gasteiger partial charge in [0.1, 0.15) is 0 Å². The topological polar surface area (TPSA) is 63.4 Å². The quantitative estimate of drug-likeness (QED) is 0.477. The molecule has 0 radical (unpaired) electrons. The monoisotopic (exact) mass is 262 g/mol. The number of rotatable bonds is 3. The van der Waals surface area contributed by atoms with Crippen LogP contribution in [-0.2, 0) is 0 Å². The van der Waals surface area contributed by atoms with Gasteiger partial charge in [-0.25, -0.2) is 0 Å². The van der Waals surface area contributed by atoms with Crippen molar-refractivity contribution >= 4 is 17.7 Å². The summed E-state index contributed by atoms with van der Waals surface area (Å²) in [6.07, 6.45) is 2.97. The number of nitro benzene ring substituents is 1. The Bertz CT molecular complexity index is 501. The van der Waals surface area contributed by atoms with Gasteiger partial charge in [0.25, 0.3) is 5.69 Å². The van der Waals surface area contributed by atoms with Crippen LogP contribution >= 0.6 is 0 Å². The number of nitro groups is 1. The lowest BCUT2D eigenvalue weighted by Gasteiger charge is -2.40. The molecule has 1 fully saturated rings. The Hall–Kier alpha value is -1.91. The predicted molar refractivity (Wildman–Crippen MR) is 73.7 cm³/mol. The maximum Gasteiger partial charge on any atom is 0.270 e. The lowest BCUT2D eigenvalue weighted by atomic mass is 9.91. The number of anilines is 1. The number of non-ortho nitro benzene ring substituents is 1. The van der Waals surface area contributed by atoms with E-state index < -0.39 is 4.92 Å². The minimum absolute atomic E-state index is 0.0384. The lowest BCUT2D eigenvalue weighted by molar-refractivity contribution is -0.384. The number of benzene rings is 1. The molecule has 2 unspecified atom stereocenters. The molecule has 5 nitrogen and oxygen atoms in total. The molecule has 0 bridgehead atoms. The van der Waals surface area contributed by atoms with Crippen LogP contribution in [0.25, 0.3) is 0 Å². The largest absolute Gasteiger partial charge is 0.368 e. The van der Waals surface area contributed by atoms with Crippen molar-refractivity contribution in [3.05, 3.63) is 33.9 Å². The Balaban J connectivity index is 2.38. The summed E-state index contributed by atoms with van der Waals surface area (Å²) in [7, 11) is 0. The number of hydrogen-bond donors (Lipinski definition) is 0. The molecule has 1 heterocycles. The van der Waals surface area contributed by atoms with Crippen molar-refractivity contribution in [2.75, 3.05) is 11.4 Å². The van der Waals surface area contributed by atoms with E-state index >= 15 is 0 Å². The van der Waals surface area contributed by atoms with Crippen LogP contribution in [0.4, 0.5) is 11.4 Å². The van der Waals surface area contributed by atoms with Crippen LogP contribution in [0.3, 0.4) is 0 Å². The maximum atomic E-state index is 11.2. The second kappa shape index (κ2) is 5.38. The molecule has 1 aromatic rings. The van der Waals surface area contributed by atoms with Crippen LogP contribution in [0.1, 0.15) is 37.0 Å². The Kier molecular flexibility index (Phi) is 3.83. The Morgan fingerprint density at radius 3 is 2.79 bits per heavy atom. The van der Waals surface area contributed by atoms with E-state index in [0.29, 0.717) is 23.8 Å². The normalized spacial score (nSPS) is 23.2. The smallest absolute Gasteiger partial charge is 0.270 e. The number of carbonyl (C=O) groups excluding carboxylic acids is 1. The van der Waals surface area contributed by atoms with Crippen LogP contribution in [0.5, 0.6) is 0 Å². The molecule has 0 aromatic heterocycles. The van der Waals surface area contributed by atoms with E-state index in [-0.39, 0.29) is 5.69 Å². The summed E-state index contributed by atoms with van der Waals surface area (Å²) in [5.41, 5.74) is 1.17. The van der Waals surface area contributed by atoms with Gasteiger partial charge in [0.15, 0.2) is 6.29 Å². The van der Waals surface area contributed by atoms with Crippen molar-refractivity contribution in [2.45, 2.75) is 32.7 Å². The van der Waals surface area contributed by atoms with E-state index in [2.05, 4.69) is 18.7 Å². The van der Waals surface area contributed by atoms with Gasteiger partial charge >= 0.3 is 0 Å². The highest BCUT2D eigenvalue weighted by atomic mass is 16.6. The number of nitrogens with zero attached hydrogens (tertiary/aromatic N) is 2. The van der Waals surface area contributed by atoms with Crippen LogP contribution in [0.15, 0.2) is 18.2 Å². The van der Waals surface area contributed by atoms with E-state index in [0.717, 1.165) is 18.7 Å². The van der Waals surface area contributed by atoms with Crippen LogP contribution in [0, 0.1) is 16.0 Å². The Morgan fingerprint density at radius 2 is 2.16 bits per heavy atom. The van der Waals surface area contributed by atoms with Gasteiger partial charge in [-0.2, -0.15) is 0 Å². The molecule has 1 aliphatic rings. The van der Waals surface area contributed by atoms with Crippen LogP contribution in [0.2, 0.25) is 0 Å². The lowest BCUT2D eigenvalue weighted by Crippen LogP contribution is -2.42. The van der Waals surface area contributed by atoms with Gasteiger partial charge in [-0.05, 0) is 31.7 Å². The molecule has 2 rings (SSSR count). The molecule has 2 atom stereocenters. The molecule has 0 amide bonds. The van der Waals surface area contributed by atoms with Crippen LogP contribution in [-0.4, -0.2) is 23.8 Å². The third-order valence-corrected chi connectivity index (χ3v) is 4.03. The molecule has 1 aliphatic heterocycles. The highest BCUT2D eigenvalue weighted by Gasteiger charge is 2.26. The average molecular weight is 262 g/mol. The van der Waals surface area contributed by atoms with Gasteiger partial charge in [0, 0.05) is 36.0 Å². The predicted octanol–water partition coefficient (Wildman–Crippen LogP) is 3.03. The van der Waals surface area contributed by atoms with Gasteiger partial charge in [0.2, 0.25) is 0 Å². The number of aldehydes is 1. The molecule has 0 saturated carbocycles. The fourth-order valence-corrected chi connectivity index (χ4v) is 2.69. The molecule has 1 saturated heterocycles. The number of piperidine rings is 1. The van der Waals surface area contributed by atoms with Gasteiger partial charge in [-0.1, -0.05) is 6.92 Å². The van der Waals surface area contributed by atoms with Gasteiger partial charge < -0.3 is 4.90 Å². The first-order valence-electron chi connectivity index (χ1n) is 6.55. The minimum atomic E-state index is -0.473. The van der Waals surface area contributed by atoms with Crippen molar-refractivity contribution in [3.63, 3.8) is 0 Å². The molecule has 0 aliphatic carbocycles. The Morgan fingerprint density at radius 1 is 1.42 bits per heavy atom. The first kappa shape index (κ1) is 13.5. The molecule has 19 heavy (non-hydrogen) atoms. The second-order valence-corrected chi connectivity index (χ2v) is 5.17. The highest BCUT2D eigenvalue weighted by molar-refractivity contribution is 5.86. The first-order chi connectivity index (χ1) is 9.04. The maximum absolute atomic E-state index is 11.2. The van der Waals surface area contributed by atoms with E-state index in [4.69, 9.17) is 0 Å². The van der Waals surface area contributed by atoms with Gasteiger partial charge in [-0.15, -0.1) is 0 Å². The zero-order valence-corrected chi connectivity index (χ0v) is 11.2. The summed E-state index contributed by atoms with van der Waals surface area (Å²) in [6, 6.07) is 4.85. The van der Waals surface area contributed by atoms with Gasteiger partial charge in [0.05, 0.1) is 4.92 Å². The van der Waals surface area contributed by atoms with E-state index in [1.807, 2.05) is 0 Å². The summed E-state index contributed by atoms with van der Waals surface area (Å²) < 4.78 is 0. The van der Waals surface area contributed by atoms with E-state index in [1.165, 1.54) is 18.6 Å². The number of carbonyl (C=O) groups is 1. The molecule has 1 aromatic carbocycles.